The molecule has 1 aromatic heterocycles. The molecule has 0 spiro atoms. The van der Waals surface area contributed by atoms with Gasteiger partial charge in [-0.25, -0.2) is 4.99 Å². The smallest absolute Gasteiger partial charge is 0.191 e. The van der Waals surface area contributed by atoms with Gasteiger partial charge in [0.05, 0.1) is 20.8 Å². The lowest BCUT2D eigenvalue weighted by molar-refractivity contribution is 0.260. The van der Waals surface area contributed by atoms with Crippen molar-refractivity contribution in [3.8, 4) is 11.5 Å². The van der Waals surface area contributed by atoms with Crippen LogP contribution in [0.4, 0.5) is 0 Å². The molecule has 1 aliphatic heterocycles. The number of thiophene rings is 1. The van der Waals surface area contributed by atoms with Gasteiger partial charge in [0.1, 0.15) is 11.5 Å². The highest BCUT2D eigenvalue weighted by Gasteiger charge is 2.16. The molecule has 0 radical (unpaired) electrons. The van der Waals surface area contributed by atoms with E-state index >= 15 is 0 Å². The third kappa shape index (κ3) is 5.39. The highest BCUT2D eigenvalue weighted by molar-refractivity contribution is 7.10. The van der Waals surface area contributed by atoms with Crippen molar-refractivity contribution in [2.45, 2.75) is 26.4 Å². The lowest BCUT2D eigenvalue weighted by atomic mass is 10.1. The average molecular weight is 403 g/mol. The molecule has 1 aliphatic rings. The largest absolute Gasteiger partial charge is 0.497 e. The molecule has 0 atom stereocenters. The van der Waals surface area contributed by atoms with Crippen molar-refractivity contribution in [1.29, 1.82) is 0 Å². The number of rotatable bonds is 8. The fourth-order valence-electron chi connectivity index (χ4n) is 3.32. The highest BCUT2D eigenvalue weighted by atomic mass is 32.1. The van der Waals surface area contributed by atoms with Crippen molar-refractivity contribution >= 4 is 17.3 Å². The summed E-state index contributed by atoms with van der Waals surface area (Å²) in [6, 6.07) is 8.08. The Labute approximate surface area is 171 Å². The molecule has 0 bridgehead atoms. The molecule has 6 nitrogen and oxygen atoms in total. The number of guanidine groups is 1. The summed E-state index contributed by atoms with van der Waals surface area (Å²) in [5.41, 5.74) is 2.52. The summed E-state index contributed by atoms with van der Waals surface area (Å²) in [5, 5.41) is 8.97. The van der Waals surface area contributed by atoms with Gasteiger partial charge in [-0.2, -0.15) is 0 Å². The van der Waals surface area contributed by atoms with E-state index in [1.807, 2.05) is 29.5 Å². The minimum absolute atomic E-state index is 0.546. The van der Waals surface area contributed by atoms with E-state index in [0.717, 1.165) is 55.7 Å². The fraction of sp³-hybridized carbons (Fsp3) is 0.476. The van der Waals surface area contributed by atoms with Gasteiger partial charge in [0.2, 0.25) is 0 Å². The molecular weight excluding hydrogens is 372 g/mol. The van der Waals surface area contributed by atoms with E-state index < -0.39 is 0 Å². The molecule has 7 heteroatoms. The van der Waals surface area contributed by atoms with Crippen LogP contribution in [0.25, 0.3) is 0 Å². The van der Waals surface area contributed by atoms with Gasteiger partial charge in [-0.15, -0.1) is 11.3 Å². The zero-order valence-corrected chi connectivity index (χ0v) is 17.8. The lowest BCUT2D eigenvalue weighted by Crippen LogP contribution is -2.42. The molecule has 28 heavy (non-hydrogen) atoms. The van der Waals surface area contributed by atoms with Crippen LogP contribution in [0.1, 0.15) is 22.9 Å². The van der Waals surface area contributed by atoms with Gasteiger partial charge in [-0.3, -0.25) is 4.90 Å². The number of nitrogens with zero attached hydrogens (tertiary/aromatic N) is 2. The first kappa shape index (κ1) is 20.5. The lowest BCUT2D eigenvalue weighted by Gasteiger charge is -2.27. The normalized spacial score (nSPS) is 14.5. The molecule has 0 saturated heterocycles. The van der Waals surface area contributed by atoms with Crippen molar-refractivity contribution in [3.63, 3.8) is 0 Å². The molecular formula is C21H30N4O2S. The second kappa shape index (κ2) is 10.3. The van der Waals surface area contributed by atoms with Crippen LogP contribution in [0.5, 0.6) is 11.5 Å². The maximum absolute atomic E-state index is 5.47. The van der Waals surface area contributed by atoms with Crippen LogP contribution in [0.3, 0.4) is 0 Å². The van der Waals surface area contributed by atoms with Crippen molar-refractivity contribution in [1.82, 2.24) is 15.5 Å². The number of ether oxygens (including phenoxy) is 2. The topological polar surface area (TPSA) is 58.1 Å². The van der Waals surface area contributed by atoms with Crippen molar-refractivity contribution in [3.05, 3.63) is 45.6 Å². The van der Waals surface area contributed by atoms with E-state index in [1.54, 1.807) is 19.1 Å². The number of fused-ring (bicyclic) bond motifs is 1. The van der Waals surface area contributed by atoms with Crippen LogP contribution in [0.2, 0.25) is 0 Å². The Kier molecular flexibility index (Phi) is 7.56. The highest BCUT2D eigenvalue weighted by Crippen LogP contribution is 2.25. The number of benzene rings is 1. The SMILES string of the molecule is CCNC(=NCc1ccc(OC)cc1OC)NCCN1CCc2sccc2C1. The monoisotopic (exact) mass is 402 g/mol. The van der Waals surface area contributed by atoms with Gasteiger partial charge < -0.3 is 20.1 Å². The van der Waals surface area contributed by atoms with Crippen LogP contribution in [-0.2, 0) is 19.5 Å². The minimum atomic E-state index is 0.546. The number of methoxy groups -OCH3 is 2. The number of hydrogen-bond donors (Lipinski definition) is 2. The Hall–Kier alpha value is -2.25. The van der Waals surface area contributed by atoms with E-state index in [-0.39, 0.29) is 0 Å². The summed E-state index contributed by atoms with van der Waals surface area (Å²) in [7, 11) is 3.32. The molecule has 3 rings (SSSR count). The fourth-order valence-corrected chi connectivity index (χ4v) is 4.21. The van der Waals surface area contributed by atoms with Crippen molar-refractivity contribution in [2.24, 2.45) is 4.99 Å². The zero-order chi connectivity index (χ0) is 19.8. The Balaban J connectivity index is 1.53. The predicted octanol–water partition coefficient (Wildman–Crippen LogP) is 2.88. The molecule has 152 valence electrons. The van der Waals surface area contributed by atoms with E-state index in [9.17, 15) is 0 Å². The summed E-state index contributed by atoms with van der Waals surface area (Å²) in [5.74, 6) is 2.40. The molecule has 0 saturated carbocycles. The summed E-state index contributed by atoms with van der Waals surface area (Å²) in [6.07, 6.45) is 1.17. The van der Waals surface area contributed by atoms with Gasteiger partial charge in [-0.05, 0) is 42.5 Å². The first-order chi connectivity index (χ1) is 13.7. The average Bonchev–Trinajstić information content (AvgIpc) is 3.19. The summed E-state index contributed by atoms with van der Waals surface area (Å²) >= 11 is 1.88. The number of hydrogen-bond acceptors (Lipinski definition) is 5. The molecule has 0 amide bonds. The number of aliphatic imine (C=N–C) groups is 1. The summed E-state index contributed by atoms with van der Waals surface area (Å²) in [6.45, 7) is 7.51. The molecule has 2 N–H and O–H groups in total. The predicted molar refractivity (Wildman–Crippen MR) is 116 cm³/mol. The second-order valence-electron chi connectivity index (χ2n) is 6.69. The Morgan fingerprint density at radius 3 is 2.89 bits per heavy atom. The quantitative estimate of drug-likeness (QED) is 0.525. The first-order valence-corrected chi connectivity index (χ1v) is 10.6. The van der Waals surface area contributed by atoms with Crippen LogP contribution in [0.15, 0.2) is 34.6 Å². The maximum Gasteiger partial charge on any atom is 0.191 e. The van der Waals surface area contributed by atoms with Crippen molar-refractivity contribution in [2.75, 3.05) is 40.4 Å². The molecule has 0 aliphatic carbocycles. The molecule has 0 fully saturated rings. The summed E-state index contributed by atoms with van der Waals surface area (Å²) < 4.78 is 10.7. The van der Waals surface area contributed by atoms with E-state index in [2.05, 4.69) is 33.9 Å². The molecule has 1 aromatic carbocycles. The van der Waals surface area contributed by atoms with Crippen LogP contribution in [0, 0.1) is 0 Å². The minimum Gasteiger partial charge on any atom is -0.497 e. The van der Waals surface area contributed by atoms with Gasteiger partial charge in [0.25, 0.3) is 0 Å². The maximum atomic E-state index is 5.47. The van der Waals surface area contributed by atoms with Crippen molar-refractivity contribution < 1.29 is 9.47 Å². The van der Waals surface area contributed by atoms with Crippen LogP contribution >= 0.6 is 11.3 Å². The van der Waals surface area contributed by atoms with Crippen LogP contribution in [-0.4, -0.2) is 51.3 Å². The molecule has 2 aromatic rings. The molecule has 0 unspecified atom stereocenters. The summed E-state index contributed by atoms with van der Waals surface area (Å²) in [4.78, 5) is 8.76. The zero-order valence-electron chi connectivity index (χ0n) is 17.0. The van der Waals surface area contributed by atoms with Gasteiger partial charge in [0, 0.05) is 49.2 Å². The first-order valence-electron chi connectivity index (χ1n) is 9.74. The third-order valence-corrected chi connectivity index (χ3v) is 5.88. The van der Waals surface area contributed by atoms with E-state index in [4.69, 9.17) is 14.5 Å². The van der Waals surface area contributed by atoms with Gasteiger partial charge >= 0.3 is 0 Å². The second-order valence-corrected chi connectivity index (χ2v) is 7.70. The Morgan fingerprint density at radius 2 is 2.11 bits per heavy atom. The van der Waals surface area contributed by atoms with Gasteiger partial charge in [-0.1, -0.05) is 0 Å². The van der Waals surface area contributed by atoms with Crippen LogP contribution < -0.4 is 20.1 Å². The van der Waals surface area contributed by atoms with E-state index in [1.165, 1.54) is 12.0 Å². The molecule has 2 heterocycles. The van der Waals surface area contributed by atoms with E-state index in [0.29, 0.717) is 6.54 Å². The Morgan fingerprint density at radius 1 is 1.21 bits per heavy atom. The number of nitrogens with one attached hydrogen (secondary N) is 2. The van der Waals surface area contributed by atoms with Gasteiger partial charge in [0.15, 0.2) is 5.96 Å². The standard InChI is InChI=1S/C21H30N4O2S/c1-4-22-21(24-14-16-5-6-18(26-2)13-19(16)27-3)23-9-11-25-10-7-20-17(15-25)8-12-28-20/h5-6,8,12-13H,4,7,9-11,14-15H2,1-3H3,(H2,22,23,24). The Bertz CT molecular complexity index is 790. The third-order valence-electron chi connectivity index (χ3n) is 4.85.